The van der Waals surface area contributed by atoms with Crippen molar-refractivity contribution in [3.05, 3.63) is 6.92 Å². The van der Waals surface area contributed by atoms with E-state index in [1.54, 1.807) is 0 Å². The van der Waals surface area contributed by atoms with Crippen LogP contribution in [-0.2, 0) is 11.0 Å². The lowest BCUT2D eigenvalue weighted by Crippen LogP contribution is -2.26. The van der Waals surface area contributed by atoms with Crippen LogP contribution in [0.3, 0.4) is 0 Å². The molecular weight excluding hydrogens is 142 g/mol. The predicted molar refractivity (Wildman–Crippen MR) is 36.6 cm³/mol. The second-order valence-electron chi connectivity index (χ2n) is 2.23. The molecular formula is C4H12NO3S. The molecule has 0 aliphatic carbocycles. The first kappa shape index (κ1) is 11.6. The summed E-state index contributed by atoms with van der Waals surface area (Å²) in [6.07, 6.45) is 0. The SMILES string of the molecule is O=[SH](=O)O.[CH2]C(C)(C)N. The van der Waals surface area contributed by atoms with Crippen LogP contribution >= 0.6 is 0 Å². The summed E-state index contributed by atoms with van der Waals surface area (Å²) in [7, 11) is -3.12. The second-order valence-corrected chi connectivity index (χ2v) is 2.70. The van der Waals surface area contributed by atoms with E-state index in [1.165, 1.54) is 0 Å². The Morgan fingerprint density at radius 3 is 1.56 bits per heavy atom. The minimum absolute atomic E-state index is 0.250. The van der Waals surface area contributed by atoms with Crippen molar-refractivity contribution in [1.29, 1.82) is 0 Å². The van der Waals surface area contributed by atoms with Crippen LogP contribution in [0.25, 0.3) is 0 Å². The number of hydrogen-bond acceptors (Lipinski definition) is 3. The molecule has 1 radical (unpaired) electrons. The molecule has 0 atom stereocenters. The van der Waals surface area contributed by atoms with Crippen molar-refractivity contribution in [1.82, 2.24) is 0 Å². The molecule has 57 valence electrons. The molecule has 0 spiro atoms. The van der Waals surface area contributed by atoms with Gasteiger partial charge in [0.2, 0.25) is 0 Å². The lowest BCUT2D eigenvalue weighted by Gasteiger charge is -2.06. The largest absolute Gasteiger partial charge is 0.326 e. The van der Waals surface area contributed by atoms with Crippen LogP contribution in [-0.4, -0.2) is 18.5 Å². The molecule has 0 saturated heterocycles. The molecule has 9 heavy (non-hydrogen) atoms. The Kier molecular flexibility index (Phi) is 6.11. The zero-order valence-electron chi connectivity index (χ0n) is 5.50. The molecule has 0 saturated carbocycles. The Morgan fingerprint density at radius 2 is 1.56 bits per heavy atom. The normalized spacial score (nSPS) is 10.4. The van der Waals surface area contributed by atoms with Gasteiger partial charge in [0.15, 0.2) is 0 Å². The van der Waals surface area contributed by atoms with Crippen LogP contribution < -0.4 is 5.73 Å². The summed E-state index contributed by atoms with van der Waals surface area (Å²) < 4.78 is 24.2. The standard InChI is InChI=1S/C4H10N.H2O3S/c1-4(2,3)5;1-4(2)3/h1,5H2,2-3H3;4H,(H,1,2,3). The smallest absolute Gasteiger partial charge is 0.254 e. The molecule has 0 heterocycles. The fourth-order valence-corrected chi connectivity index (χ4v) is 0. The van der Waals surface area contributed by atoms with Crippen molar-refractivity contribution in [2.45, 2.75) is 19.4 Å². The molecule has 0 rings (SSSR count). The van der Waals surface area contributed by atoms with Crippen molar-refractivity contribution in [3.8, 4) is 0 Å². The number of hydrogen-bond donors (Lipinski definition) is 3. The van der Waals surface area contributed by atoms with E-state index in [0.29, 0.717) is 0 Å². The molecule has 0 aromatic heterocycles. The van der Waals surface area contributed by atoms with Gasteiger partial charge in [-0.3, -0.25) is 4.55 Å². The molecule has 0 bridgehead atoms. The third-order valence-electron chi connectivity index (χ3n) is 0. The highest BCUT2D eigenvalue weighted by Crippen LogP contribution is 1.87. The first-order valence-electron chi connectivity index (χ1n) is 2.21. The molecule has 0 aliphatic rings. The van der Waals surface area contributed by atoms with Gasteiger partial charge in [-0.05, 0) is 20.8 Å². The summed E-state index contributed by atoms with van der Waals surface area (Å²) >= 11 is 0. The molecule has 0 aliphatic heterocycles. The lowest BCUT2D eigenvalue weighted by molar-refractivity contribution is 0.509. The Hall–Kier alpha value is -0.130. The van der Waals surface area contributed by atoms with Gasteiger partial charge in [-0.1, -0.05) is 0 Å². The van der Waals surface area contributed by atoms with Gasteiger partial charge in [0.25, 0.3) is 11.0 Å². The molecule has 3 N–H and O–H groups in total. The Balaban J connectivity index is 0. The maximum Gasteiger partial charge on any atom is 0.254 e. The molecule has 5 heteroatoms. The van der Waals surface area contributed by atoms with Gasteiger partial charge >= 0.3 is 0 Å². The van der Waals surface area contributed by atoms with Crippen molar-refractivity contribution in [2.24, 2.45) is 5.73 Å². The Bertz CT molecular complexity index is 110. The summed E-state index contributed by atoms with van der Waals surface area (Å²) in [4.78, 5) is 0. The second kappa shape index (κ2) is 4.72. The highest BCUT2D eigenvalue weighted by Gasteiger charge is 1.95. The van der Waals surface area contributed by atoms with Crippen LogP contribution in [0, 0.1) is 6.92 Å². The van der Waals surface area contributed by atoms with E-state index in [0.717, 1.165) is 0 Å². The van der Waals surface area contributed by atoms with E-state index < -0.39 is 11.0 Å². The average molecular weight is 154 g/mol. The number of thiol groups is 1. The fourth-order valence-electron chi connectivity index (χ4n) is 0. The van der Waals surface area contributed by atoms with Crippen molar-refractivity contribution in [3.63, 3.8) is 0 Å². The van der Waals surface area contributed by atoms with Gasteiger partial charge in [-0.25, -0.2) is 8.42 Å². The van der Waals surface area contributed by atoms with E-state index in [-0.39, 0.29) is 5.54 Å². The van der Waals surface area contributed by atoms with Crippen LogP contribution in [0.1, 0.15) is 13.8 Å². The summed E-state index contributed by atoms with van der Waals surface area (Å²) in [5.41, 5.74) is 4.99. The minimum Gasteiger partial charge on any atom is -0.326 e. The molecule has 0 fully saturated rings. The van der Waals surface area contributed by atoms with Crippen LogP contribution in [0.15, 0.2) is 0 Å². The van der Waals surface area contributed by atoms with E-state index in [2.05, 4.69) is 6.92 Å². The third kappa shape index (κ3) is 16000. The molecule has 0 aromatic rings. The van der Waals surface area contributed by atoms with Crippen LogP contribution in [0.5, 0.6) is 0 Å². The van der Waals surface area contributed by atoms with Gasteiger partial charge in [0.1, 0.15) is 0 Å². The van der Waals surface area contributed by atoms with Gasteiger partial charge in [-0.2, -0.15) is 0 Å². The van der Waals surface area contributed by atoms with Crippen molar-refractivity contribution in [2.75, 3.05) is 0 Å². The predicted octanol–water partition coefficient (Wildman–Crippen LogP) is -0.371. The van der Waals surface area contributed by atoms with E-state index in [4.69, 9.17) is 18.7 Å². The number of nitrogens with two attached hydrogens (primary N) is 1. The maximum atomic E-state index is 8.59. The molecule has 4 nitrogen and oxygen atoms in total. The van der Waals surface area contributed by atoms with E-state index in [9.17, 15) is 0 Å². The maximum absolute atomic E-state index is 8.59. The number of rotatable bonds is 0. The monoisotopic (exact) mass is 154 g/mol. The Labute approximate surface area is 56.8 Å². The van der Waals surface area contributed by atoms with E-state index in [1.807, 2.05) is 13.8 Å². The minimum atomic E-state index is -3.12. The highest BCUT2D eigenvalue weighted by atomic mass is 32.2. The highest BCUT2D eigenvalue weighted by molar-refractivity contribution is 7.66. The summed E-state index contributed by atoms with van der Waals surface area (Å²) in [5.74, 6) is 0. The average Bonchev–Trinajstić information content (AvgIpc) is 1.19. The van der Waals surface area contributed by atoms with Crippen molar-refractivity contribution >= 4 is 11.0 Å². The molecule has 0 aromatic carbocycles. The lowest BCUT2D eigenvalue weighted by atomic mass is 10.1. The quantitative estimate of drug-likeness (QED) is 0.328. The van der Waals surface area contributed by atoms with Gasteiger partial charge < -0.3 is 5.73 Å². The zero-order valence-corrected chi connectivity index (χ0v) is 6.39. The summed E-state index contributed by atoms with van der Waals surface area (Å²) in [6, 6.07) is 0. The fraction of sp³-hybridized carbons (Fsp3) is 0.750. The Morgan fingerprint density at radius 1 is 1.56 bits per heavy atom. The molecule has 0 amide bonds. The summed E-state index contributed by atoms with van der Waals surface area (Å²) in [6.45, 7) is 7.26. The summed E-state index contributed by atoms with van der Waals surface area (Å²) in [5, 5.41) is 0. The third-order valence-corrected chi connectivity index (χ3v) is 0. The molecule has 0 unspecified atom stereocenters. The van der Waals surface area contributed by atoms with Crippen LogP contribution in [0.4, 0.5) is 0 Å². The topological polar surface area (TPSA) is 80.4 Å². The zero-order chi connectivity index (χ0) is 8.08. The first-order chi connectivity index (χ1) is 3.73. The van der Waals surface area contributed by atoms with Gasteiger partial charge in [-0.15, -0.1) is 0 Å². The van der Waals surface area contributed by atoms with Crippen molar-refractivity contribution < 1.29 is 13.0 Å². The van der Waals surface area contributed by atoms with Gasteiger partial charge in [0, 0.05) is 5.54 Å². The first-order valence-corrected chi connectivity index (χ1v) is 3.34. The van der Waals surface area contributed by atoms with Gasteiger partial charge in [0.05, 0.1) is 0 Å². The van der Waals surface area contributed by atoms with E-state index >= 15 is 0 Å². The van der Waals surface area contributed by atoms with Crippen LogP contribution in [0.2, 0.25) is 0 Å².